The van der Waals surface area contributed by atoms with Gasteiger partial charge in [-0.2, -0.15) is 13.2 Å². The normalized spacial score (nSPS) is 23.9. The highest BCUT2D eigenvalue weighted by Gasteiger charge is 2.43. The number of rotatable bonds is 3. The molecule has 1 saturated carbocycles. The van der Waals surface area contributed by atoms with Crippen LogP contribution in [0.4, 0.5) is 24.5 Å². The maximum atomic E-state index is 13.8. The quantitative estimate of drug-likeness (QED) is 0.644. The fourth-order valence-corrected chi connectivity index (χ4v) is 5.45. The average Bonchev–Trinajstić information content (AvgIpc) is 2.69. The summed E-state index contributed by atoms with van der Waals surface area (Å²) >= 11 is 0. The molecule has 3 nitrogen and oxygen atoms in total. The van der Waals surface area contributed by atoms with Crippen molar-refractivity contribution in [3.8, 4) is 5.75 Å². The minimum atomic E-state index is -4.46. The Morgan fingerprint density at radius 3 is 2.59 bits per heavy atom. The second kappa shape index (κ2) is 7.47. The van der Waals surface area contributed by atoms with Crippen molar-refractivity contribution in [1.29, 1.82) is 0 Å². The number of benzene rings is 2. The minimum absolute atomic E-state index is 0.00735. The standard InChI is InChI=1S/C23H27F3N2O/c1-2-28(21-10-8-15(27)12-20(21)23(24,25)26)22-11-14-7-9-16(29)13-19(14)17-5-3-4-6-18(17)22/h7-10,12-13,17-18,22,29H,2-6,11,27H2,1H3. The Bertz CT molecular complexity index is 896. The molecular weight excluding hydrogens is 377 g/mol. The van der Waals surface area contributed by atoms with E-state index in [0.29, 0.717) is 13.0 Å². The van der Waals surface area contributed by atoms with Crippen LogP contribution >= 0.6 is 0 Å². The highest BCUT2D eigenvalue weighted by Crippen LogP contribution is 2.49. The lowest BCUT2D eigenvalue weighted by Gasteiger charge is -2.48. The number of phenols is 1. The van der Waals surface area contributed by atoms with Gasteiger partial charge in [-0.25, -0.2) is 0 Å². The van der Waals surface area contributed by atoms with Crippen molar-refractivity contribution >= 4 is 11.4 Å². The number of likely N-dealkylation sites (N-methyl/N-ethyl adjacent to an activating group) is 1. The number of nitrogens with two attached hydrogens (primary N) is 1. The van der Waals surface area contributed by atoms with E-state index in [4.69, 9.17) is 5.73 Å². The monoisotopic (exact) mass is 404 g/mol. The van der Waals surface area contributed by atoms with Gasteiger partial charge >= 0.3 is 6.18 Å². The zero-order valence-electron chi connectivity index (χ0n) is 16.5. The molecule has 3 unspecified atom stereocenters. The lowest BCUT2D eigenvalue weighted by atomic mass is 9.65. The van der Waals surface area contributed by atoms with Crippen LogP contribution in [-0.4, -0.2) is 17.7 Å². The van der Waals surface area contributed by atoms with Crippen molar-refractivity contribution in [1.82, 2.24) is 0 Å². The molecular formula is C23H27F3N2O. The van der Waals surface area contributed by atoms with Crippen molar-refractivity contribution in [3.63, 3.8) is 0 Å². The van der Waals surface area contributed by atoms with Gasteiger partial charge in [0.25, 0.3) is 0 Å². The molecule has 0 radical (unpaired) electrons. The molecule has 2 aromatic rings. The van der Waals surface area contributed by atoms with Crippen LogP contribution in [0.2, 0.25) is 0 Å². The van der Waals surface area contributed by atoms with Gasteiger partial charge in [0, 0.05) is 24.0 Å². The fraction of sp³-hybridized carbons (Fsp3) is 0.478. The lowest BCUT2D eigenvalue weighted by Crippen LogP contribution is -2.48. The summed E-state index contributed by atoms with van der Waals surface area (Å²) in [6, 6.07) is 9.59. The largest absolute Gasteiger partial charge is 0.508 e. The van der Waals surface area contributed by atoms with Gasteiger partial charge in [-0.3, -0.25) is 0 Å². The number of aromatic hydroxyl groups is 1. The Labute approximate surface area is 169 Å². The molecule has 0 heterocycles. The maximum absolute atomic E-state index is 13.8. The summed E-state index contributed by atoms with van der Waals surface area (Å²) in [7, 11) is 0. The molecule has 0 saturated heterocycles. The molecule has 2 aliphatic rings. The molecule has 1 fully saturated rings. The molecule has 4 rings (SSSR count). The third kappa shape index (κ3) is 3.65. The van der Waals surface area contributed by atoms with Gasteiger partial charge in [0.1, 0.15) is 5.75 Å². The van der Waals surface area contributed by atoms with Crippen molar-refractivity contribution in [2.24, 2.45) is 5.92 Å². The molecule has 0 amide bonds. The summed E-state index contributed by atoms with van der Waals surface area (Å²) in [6.45, 7) is 2.41. The number of alkyl halides is 3. The number of phenolic OH excluding ortho intramolecular Hbond substituents is 1. The smallest absolute Gasteiger partial charge is 0.418 e. The van der Waals surface area contributed by atoms with Crippen molar-refractivity contribution < 1.29 is 18.3 Å². The summed E-state index contributed by atoms with van der Waals surface area (Å²) in [6.07, 6.45) is 0.455. The van der Waals surface area contributed by atoms with Gasteiger partial charge in [-0.15, -0.1) is 0 Å². The Hall–Kier alpha value is -2.37. The summed E-state index contributed by atoms with van der Waals surface area (Å²) in [5.41, 5.74) is 7.67. The fourth-order valence-electron chi connectivity index (χ4n) is 5.45. The van der Waals surface area contributed by atoms with Crippen molar-refractivity contribution in [2.75, 3.05) is 17.2 Å². The zero-order chi connectivity index (χ0) is 20.8. The Kier molecular flexibility index (Phi) is 5.13. The van der Waals surface area contributed by atoms with Crippen LogP contribution in [0.5, 0.6) is 5.75 Å². The third-order valence-electron chi connectivity index (χ3n) is 6.65. The Balaban J connectivity index is 1.79. The van der Waals surface area contributed by atoms with Gasteiger partial charge in [0.05, 0.1) is 5.56 Å². The molecule has 2 aromatic carbocycles. The first-order valence-corrected chi connectivity index (χ1v) is 10.3. The van der Waals surface area contributed by atoms with Crippen LogP contribution in [0.3, 0.4) is 0 Å². The first-order chi connectivity index (χ1) is 13.8. The van der Waals surface area contributed by atoms with Gasteiger partial charge in [0.15, 0.2) is 0 Å². The Morgan fingerprint density at radius 1 is 1.10 bits per heavy atom. The molecule has 29 heavy (non-hydrogen) atoms. The lowest BCUT2D eigenvalue weighted by molar-refractivity contribution is -0.137. The number of anilines is 2. The second-order valence-electron chi connectivity index (χ2n) is 8.27. The van der Waals surface area contributed by atoms with E-state index in [1.807, 2.05) is 24.0 Å². The third-order valence-corrected chi connectivity index (χ3v) is 6.65. The molecule has 156 valence electrons. The molecule has 0 bridgehead atoms. The minimum Gasteiger partial charge on any atom is -0.508 e. The summed E-state index contributed by atoms with van der Waals surface area (Å²) in [5.74, 6) is 0.815. The number of hydrogen-bond acceptors (Lipinski definition) is 3. The van der Waals surface area contributed by atoms with Crippen molar-refractivity contribution in [2.45, 2.75) is 57.2 Å². The second-order valence-corrected chi connectivity index (χ2v) is 8.27. The number of hydrogen-bond donors (Lipinski definition) is 2. The van der Waals surface area contributed by atoms with Gasteiger partial charge in [0.2, 0.25) is 0 Å². The SMILES string of the molecule is CCN(c1ccc(N)cc1C(F)(F)F)C1Cc2ccc(O)cc2C2CCCCC21. The maximum Gasteiger partial charge on any atom is 0.418 e. The van der Waals surface area contributed by atoms with E-state index in [2.05, 4.69) is 0 Å². The highest BCUT2D eigenvalue weighted by atomic mass is 19.4. The molecule has 0 aliphatic heterocycles. The average molecular weight is 404 g/mol. The number of nitrogens with zero attached hydrogens (tertiary/aromatic N) is 1. The summed E-state index contributed by atoms with van der Waals surface area (Å²) < 4.78 is 41.4. The highest BCUT2D eigenvalue weighted by molar-refractivity contribution is 5.62. The van der Waals surface area contributed by atoms with E-state index in [-0.39, 0.29) is 35.0 Å². The molecule has 0 spiro atoms. The first-order valence-electron chi connectivity index (χ1n) is 10.3. The van der Waals surface area contributed by atoms with E-state index >= 15 is 0 Å². The van der Waals surface area contributed by atoms with E-state index in [1.54, 1.807) is 12.1 Å². The first kappa shape index (κ1) is 19.9. The summed E-state index contributed by atoms with van der Waals surface area (Å²) in [4.78, 5) is 1.93. The van der Waals surface area contributed by atoms with Gasteiger partial charge in [-0.1, -0.05) is 18.9 Å². The van der Waals surface area contributed by atoms with E-state index in [9.17, 15) is 18.3 Å². The molecule has 3 N–H and O–H groups in total. The predicted octanol–water partition coefficient (Wildman–Crippen LogP) is 5.72. The van der Waals surface area contributed by atoms with E-state index in [0.717, 1.165) is 37.3 Å². The molecule has 6 heteroatoms. The molecule has 0 aromatic heterocycles. The molecule has 3 atom stereocenters. The summed E-state index contributed by atoms with van der Waals surface area (Å²) in [5, 5.41) is 9.98. The number of fused-ring (bicyclic) bond motifs is 3. The van der Waals surface area contributed by atoms with Crippen LogP contribution in [0, 0.1) is 5.92 Å². The Morgan fingerprint density at radius 2 is 1.86 bits per heavy atom. The van der Waals surface area contributed by atoms with Gasteiger partial charge in [-0.05, 0) is 79.5 Å². The van der Waals surface area contributed by atoms with Crippen molar-refractivity contribution in [3.05, 3.63) is 53.1 Å². The van der Waals surface area contributed by atoms with Crippen LogP contribution < -0.4 is 10.6 Å². The van der Waals surface area contributed by atoms with Crippen LogP contribution in [0.15, 0.2) is 36.4 Å². The number of nitrogen functional groups attached to an aromatic ring is 1. The van der Waals surface area contributed by atoms with Crippen LogP contribution in [0.25, 0.3) is 0 Å². The number of halogens is 3. The zero-order valence-corrected chi connectivity index (χ0v) is 16.5. The van der Waals surface area contributed by atoms with Crippen LogP contribution in [-0.2, 0) is 12.6 Å². The topological polar surface area (TPSA) is 49.5 Å². The van der Waals surface area contributed by atoms with Gasteiger partial charge < -0.3 is 15.7 Å². The van der Waals surface area contributed by atoms with E-state index in [1.165, 1.54) is 11.6 Å². The van der Waals surface area contributed by atoms with Crippen LogP contribution in [0.1, 0.15) is 55.2 Å². The predicted molar refractivity (Wildman–Crippen MR) is 109 cm³/mol. The molecule has 2 aliphatic carbocycles. The van der Waals surface area contributed by atoms with E-state index < -0.39 is 11.7 Å².